The van der Waals surface area contributed by atoms with Crippen LogP contribution in [0.5, 0.6) is 0 Å². The SMILES string of the molecule is CCc1nc(C)cn1C(C)O. The summed E-state index contributed by atoms with van der Waals surface area (Å²) in [5.74, 6) is 0.942. The zero-order valence-electron chi connectivity index (χ0n) is 7.20. The van der Waals surface area contributed by atoms with Gasteiger partial charge in [-0.15, -0.1) is 0 Å². The van der Waals surface area contributed by atoms with E-state index in [4.69, 9.17) is 0 Å². The topological polar surface area (TPSA) is 38.0 Å². The predicted octanol–water partition coefficient (Wildman–Crippen LogP) is 1.26. The van der Waals surface area contributed by atoms with Crippen LogP contribution in [0.25, 0.3) is 0 Å². The van der Waals surface area contributed by atoms with Crippen molar-refractivity contribution in [3.63, 3.8) is 0 Å². The van der Waals surface area contributed by atoms with Crippen LogP contribution in [0.3, 0.4) is 0 Å². The first-order chi connectivity index (χ1) is 5.15. The van der Waals surface area contributed by atoms with Gasteiger partial charge in [0.05, 0.1) is 5.69 Å². The van der Waals surface area contributed by atoms with E-state index in [1.54, 1.807) is 11.5 Å². The first kappa shape index (κ1) is 8.27. The summed E-state index contributed by atoms with van der Waals surface area (Å²) < 4.78 is 1.79. The highest BCUT2D eigenvalue weighted by Crippen LogP contribution is 2.08. The van der Waals surface area contributed by atoms with E-state index in [9.17, 15) is 5.11 Å². The molecule has 0 radical (unpaired) electrons. The molecule has 3 nitrogen and oxygen atoms in total. The minimum atomic E-state index is -0.467. The van der Waals surface area contributed by atoms with Crippen molar-refractivity contribution < 1.29 is 5.11 Å². The van der Waals surface area contributed by atoms with Crippen molar-refractivity contribution in [2.24, 2.45) is 0 Å². The van der Waals surface area contributed by atoms with Crippen LogP contribution in [0.4, 0.5) is 0 Å². The first-order valence-corrected chi connectivity index (χ1v) is 3.87. The number of rotatable bonds is 2. The van der Waals surface area contributed by atoms with Crippen LogP contribution in [0, 0.1) is 6.92 Å². The molecule has 0 bridgehead atoms. The zero-order chi connectivity index (χ0) is 8.43. The van der Waals surface area contributed by atoms with Crippen molar-refractivity contribution >= 4 is 0 Å². The van der Waals surface area contributed by atoms with Crippen LogP contribution in [0.2, 0.25) is 0 Å². The zero-order valence-corrected chi connectivity index (χ0v) is 7.20. The van der Waals surface area contributed by atoms with Crippen LogP contribution in [-0.2, 0) is 6.42 Å². The lowest BCUT2D eigenvalue weighted by Gasteiger charge is -2.07. The Kier molecular flexibility index (Phi) is 2.29. The molecule has 1 aromatic rings. The number of hydrogen-bond donors (Lipinski definition) is 1. The lowest BCUT2D eigenvalue weighted by molar-refractivity contribution is 0.121. The molecule has 0 aliphatic rings. The molecule has 0 saturated carbocycles. The molecular weight excluding hydrogens is 140 g/mol. The van der Waals surface area contributed by atoms with E-state index in [2.05, 4.69) is 4.98 Å². The average molecular weight is 154 g/mol. The lowest BCUT2D eigenvalue weighted by Crippen LogP contribution is -2.06. The molecule has 62 valence electrons. The molecule has 11 heavy (non-hydrogen) atoms. The van der Waals surface area contributed by atoms with E-state index >= 15 is 0 Å². The Balaban J connectivity index is 3.02. The Morgan fingerprint density at radius 2 is 2.36 bits per heavy atom. The van der Waals surface area contributed by atoms with E-state index in [1.165, 1.54) is 0 Å². The monoisotopic (exact) mass is 154 g/mol. The largest absolute Gasteiger partial charge is 0.374 e. The van der Waals surface area contributed by atoms with Crippen molar-refractivity contribution in [1.82, 2.24) is 9.55 Å². The molecule has 0 amide bonds. The van der Waals surface area contributed by atoms with Gasteiger partial charge in [0.25, 0.3) is 0 Å². The summed E-state index contributed by atoms with van der Waals surface area (Å²) in [6.45, 7) is 5.69. The number of imidazole rings is 1. The standard InChI is InChI=1S/C8H14N2O/c1-4-8-9-6(2)5-10(8)7(3)11/h5,7,11H,4H2,1-3H3. The van der Waals surface area contributed by atoms with Gasteiger partial charge in [-0.3, -0.25) is 0 Å². The van der Waals surface area contributed by atoms with Crippen LogP contribution in [0.15, 0.2) is 6.20 Å². The van der Waals surface area contributed by atoms with Gasteiger partial charge in [-0.25, -0.2) is 4.98 Å². The lowest BCUT2D eigenvalue weighted by atomic mass is 10.4. The van der Waals surface area contributed by atoms with Gasteiger partial charge >= 0.3 is 0 Å². The fourth-order valence-corrected chi connectivity index (χ4v) is 1.15. The third-order valence-corrected chi connectivity index (χ3v) is 1.65. The number of aryl methyl sites for hydroxylation is 2. The third kappa shape index (κ3) is 1.60. The van der Waals surface area contributed by atoms with Gasteiger partial charge in [-0.1, -0.05) is 6.92 Å². The van der Waals surface area contributed by atoms with E-state index in [0.717, 1.165) is 17.9 Å². The molecule has 3 heteroatoms. The first-order valence-electron chi connectivity index (χ1n) is 3.87. The highest BCUT2D eigenvalue weighted by molar-refractivity contribution is 5.02. The van der Waals surface area contributed by atoms with Crippen molar-refractivity contribution in [1.29, 1.82) is 0 Å². The predicted molar refractivity (Wildman–Crippen MR) is 43.3 cm³/mol. The summed E-state index contributed by atoms with van der Waals surface area (Å²) in [6, 6.07) is 0. The van der Waals surface area contributed by atoms with Crippen LogP contribution >= 0.6 is 0 Å². The fourth-order valence-electron chi connectivity index (χ4n) is 1.15. The second-order valence-electron chi connectivity index (χ2n) is 2.69. The average Bonchev–Trinajstić information content (AvgIpc) is 2.30. The summed E-state index contributed by atoms with van der Waals surface area (Å²) in [4.78, 5) is 4.25. The van der Waals surface area contributed by atoms with Gasteiger partial charge in [-0.05, 0) is 13.8 Å². The highest BCUT2D eigenvalue weighted by atomic mass is 16.3. The van der Waals surface area contributed by atoms with Gasteiger partial charge in [0.15, 0.2) is 0 Å². The molecule has 1 N–H and O–H groups in total. The Bertz CT molecular complexity index is 240. The second-order valence-corrected chi connectivity index (χ2v) is 2.69. The molecule has 1 heterocycles. The highest BCUT2D eigenvalue weighted by Gasteiger charge is 2.06. The number of nitrogens with zero attached hydrogens (tertiary/aromatic N) is 2. The second kappa shape index (κ2) is 3.05. The summed E-state index contributed by atoms with van der Waals surface area (Å²) in [5, 5.41) is 9.27. The third-order valence-electron chi connectivity index (χ3n) is 1.65. The molecule has 0 saturated heterocycles. The number of hydrogen-bond acceptors (Lipinski definition) is 2. The van der Waals surface area contributed by atoms with Crippen LogP contribution in [0.1, 0.15) is 31.6 Å². The number of aromatic nitrogens is 2. The number of aliphatic hydroxyl groups excluding tert-OH is 1. The molecule has 1 rings (SSSR count). The van der Waals surface area contributed by atoms with Gasteiger partial charge < -0.3 is 9.67 Å². The van der Waals surface area contributed by atoms with Gasteiger partial charge in [0, 0.05) is 12.6 Å². The minimum Gasteiger partial charge on any atom is -0.374 e. The Morgan fingerprint density at radius 3 is 2.73 bits per heavy atom. The van der Waals surface area contributed by atoms with E-state index in [-0.39, 0.29) is 0 Å². The number of aliphatic hydroxyl groups is 1. The molecular formula is C8H14N2O. The van der Waals surface area contributed by atoms with Crippen molar-refractivity contribution in [3.05, 3.63) is 17.7 Å². The van der Waals surface area contributed by atoms with E-state index in [0.29, 0.717) is 0 Å². The summed E-state index contributed by atoms with van der Waals surface area (Å²) in [6.07, 6.45) is 2.26. The fraction of sp³-hybridized carbons (Fsp3) is 0.625. The maximum absolute atomic E-state index is 9.27. The maximum Gasteiger partial charge on any atom is 0.129 e. The Labute approximate surface area is 66.7 Å². The Morgan fingerprint density at radius 1 is 1.73 bits per heavy atom. The van der Waals surface area contributed by atoms with Gasteiger partial charge in [0.1, 0.15) is 12.1 Å². The Hall–Kier alpha value is -0.830. The maximum atomic E-state index is 9.27. The summed E-state index contributed by atoms with van der Waals surface area (Å²) >= 11 is 0. The van der Waals surface area contributed by atoms with Gasteiger partial charge in [-0.2, -0.15) is 0 Å². The molecule has 1 aromatic heterocycles. The van der Waals surface area contributed by atoms with E-state index < -0.39 is 6.23 Å². The molecule has 1 unspecified atom stereocenters. The molecule has 1 atom stereocenters. The summed E-state index contributed by atoms with van der Waals surface area (Å²) in [5.41, 5.74) is 0.961. The molecule has 0 aliphatic heterocycles. The molecule has 0 fully saturated rings. The van der Waals surface area contributed by atoms with Crippen molar-refractivity contribution in [2.45, 2.75) is 33.4 Å². The van der Waals surface area contributed by atoms with Crippen LogP contribution in [-0.4, -0.2) is 14.7 Å². The van der Waals surface area contributed by atoms with Crippen LogP contribution < -0.4 is 0 Å². The summed E-state index contributed by atoms with van der Waals surface area (Å²) in [7, 11) is 0. The quantitative estimate of drug-likeness (QED) is 0.696. The van der Waals surface area contributed by atoms with Crippen molar-refractivity contribution in [3.8, 4) is 0 Å². The normalized spacial score (nSPS) is 13.5. The van der Waals surface area contributed by atoms with Gasteiger partial charge in [0.2, 0.25) is 0 Å². The minimum absolute atomic E-state index is 0.467. The molecule has 0 aromatic carbocycles. The van der Waals surface area contributed by atoms with E-state index in [1.807, 2.05) is 20.0 Å². The van der Waals surface area contributed by atoms with Crippen molar-refractivity contribution in [2.75, 3.05) is 0 Å². The molecule has 0 aliphatic carbocycles. The molecule has 0 spiro atoms. The smallest absolute Gasteiger partial charge is 0.129 e.